The molecular formula is C20H18F5N5O. The fourth-order valence-electron chi connectivity index (χ4n) is 4.35. The first-order chi connectivity index (χ1) is 14.3. The van der Waals surface area contributed by atoms with Crippen LogP contribution >= 0.6 is 0 Å². The van der Waals surface area contributed by atoms with Crippen LogP contribution in [0.25, 0.3) is 5.65 Å². The average Bonchev–Trinajstić information content (AvgIpc) is 3.18. The van der Waals surface area contributed by atoms with Gasteiger partial charge >= 0.3 is 6.18 Å². The molecule has 0 saturated carbocycles. The maximum absolute atomic E-state index is 13.2. The van der Waals surface area contributed by atoms with Gasteiger partial charge in [-0.3, -0.25) is 9.78 Å². The van der Waals surface area contributed by atoms with Gasteiger partial charge in [-0.15, -0.1) is 0 Å². The summed E-state index contributed by atoms with van der Waals surface area (Å²) >= 11 is 0. The van der Waals surface area contributed by atoms with E-state index in [-0.39, 0.29) is 17.8 Å². The van der Waals surface area contributed by atoms with Gasteiger partial charge in [-0.25, -0.2) is 18.3 Å². The quantitative estimate of drug-likeness (QED) is 0.603. The van der Waals surface area contributed by atoms with Gasteiger partial charge in [0.2, 0.25) is 5.91 Å². The molecule has 0 bridgehead atoms. The van der Waals surface area contributed by atoms with E-state index >= 15 is 0 Å². The molecule has 0 spiro atoms. The minimum Gasteiger partial charge on any atom is -0.325 e. The molecule has 31 heavy (non-hydrogen) atoms. The van der Waals surface area contributed by atoms with E-state index in [1.54, 1.807) is 6.92 Å². The molecule has 11 heteroatoms. The number of anilines is 1. The Bertz CT molecular complexity index is 1190. The van der Waals surface area contributed by atoms with Gasteiger partial charge in [-0.1, -0.05) is 13.8 Å². The summed E-state index contributed by atoms with van der Waals surface area (Å²) in [6, 6.07) is 2.02. The minimum absolute atomic E-state index is 0.0466. The van der Waals surface area contributed by atoms with Gasteiger partial charge in [0.05, 0.1) is 17.8 Å². The number of carbonyl (C=O) groups excluding carboxylic acids is 1. The Morgan fingerprint density at radius 1 is 1.26 bits per heavy atom. The first-order valence-corrected chi connectivity index (χ1v) is 9.35. The van der Waals surface area contributed by atoms with Crippen LogP contribution in [0.15, 0.2) is 30.7 Å². The second-order valence-corrected chi connectivity index (χ2v) is 8.44. The molecule has 3 aromatic rings. The fourth-order valence-corrected chi connectivity index (χ4v) is 4.35. The van der Waals surface area contributed by atoms with Crippen LogP contribution in [0.1, 0.15) is 56.1 Å². The molecule has 0 fully saturated rings. The van der Waals surface area contributed by atoms with Gasteiger partial charge in [0.25, 0.3) is 6.43 Å². The van der Waals surface area contributed by atoms with Gasteiger partial charge in [0, 0.05) is 17.4 Å². The van der Waals surface area contributed by atoms with Crippen molar-refractivity contribution in [3.63, 3.8) is 0 Å². The lowest BCUT2D eigenvalue weighted by Gasteiger charge is -2.26. The van der Waals surface area contributed by atoms with E-state index in [1.165, 1.54) is 16.8 Å². The van der Waals surface area contributed by atoms with Crippen molar-refractivity contribution in [3.05, 3.63) is 53.2 Å². The number of alkyl halides is 5. The van der Waals surface area contributed by atoms with E-state index in [0.717, 1.165) is 18.5 Å². The second-order valence-electron chi connectivity index (χ2n) is 8.44. The Morgan fingerprint density at radius 2 is 1.97 bits per heavy atom. The van der Waals surface area contributed by atoms with E-state index < -0.39 is 40.7 Å². The first-order valence-electron chi connectivity index (χ1n) is 9.35. The van der Waals surface area contributed by atoms with E-state index in [2.05, 4.69) is 20.4 Å². The zero-order valence-corrected chi connectivity index (χ0v) is 16.8. The summed E-state index contributed by atoms with van der Waals surface area (Å²) in [5.41, 5.74) is -2.03. The molecule has 4 rings (SSSR count). The SMILES string of the molecule is CC1(C)C[C@@](C)(C(=O)Nc2ccnc(C(F)(F)F)c2)c2cnn3cc(C(F)F)nc3c21. The summed E-state index contributed by atoms with van der Waals surface area (Å²) in [6.45, 7) is 5.36. The lowest BCUT2D eigenvalue weighted by molar-refractivity contribution is -0.141. The molecule has 3 heterocycles. The van der Waals surface area contributed by atoms with Crippen molar-refractivity contribution < 1.29 is 26.7 Å². The molecule has 164 valence electrons. The summed E-state index contributed by atoms with van der Waals surface area (Å²) in [4.78, 5) is 20.5. The number of amides is 1. The monoisotopic (exact) mass is 439 g/mol. The number of fused-ring (bicyclic) bond motifs is 3. The number of aromatic nitrogens is 4. The molecule has 0 aromatic carbocycles. The van der Waals surface area contributed by atoms with Crippen LogP contribution in [0.5, 0.6) is 0 Å². The Kier molecular flexibility index (Phi) is 4.56. The Balaban J connectivity index is 1.76. The highest BCUT2D eigenvalue weighted by molar-refractivity contribution is 6.00. The highest BCUT2D eigenvalue weighted by atomic mass is 19.4. The summed E-state index contributed by atoms with van der Waals surface area (Å²) in [6.07, 6.45) is -3.59. The number of carbonyl (C=O) groups is 1. The Morgan fingerprint density at radius 3 is 2.61 bits per heavy atom. The summed E-state index contributed by atoms with van der Waals surface area (Å²) in [5, 5.41) is 6.67. The summed E-state index contributed by atoms with van der Waals surface area (Å²) in [5.74, 6) is -0.537. The molecule has 1 amide bonds. The third-order valence-electron chi connectivity index (χ3n) is 5.61. The molecule has 1 aliphatic carbocycles. The smallest absolute Gasteiger partial charge is 0.325 e. The number of hydrogen-bond donors (Lipinski definition) is 1. The number of nitrogens with one attached hydrogen (secondary N) is 1. The van der Waals surface area contributed by atoms with Crippen molar-refractivity contribution >= 4 is 17.2 Å². The third-order valence-corrected chi connectivity index (χ3v) is 5.61. The maximum atomic E-state index is 13.2. The molecule has 0 unspecified atom stereocenters. The fraction of sp³-hybridized carbons (Fsp3) is 0.400. The van der Waals surface area contributed by atoms with Crippen LogP contribution in [0, 0.1) is 0 Å². The van der Waals surface area contributed by atoms with Gasteiger partial charge in [-0.05, 0) is 36.5 Å². The third kappa shape index (κ3) is 3.41. The van der Waals surface area contributed by atoms with Crippen LogP contribution in [0.3, 0.4) is 0 Å². The lowest BCUT2D eigenvalue weighted by atomic mass is 9.79. The number of rotatable bonds is 3. The molecule has 1 atom stereocenters. The molecule has 0 radical (unpaired) electrons. The predicted octanol–water partition coefficient (Wildman–Crippen LogP) is 4.66. The van der Waals surface area contributed by atoms with Crippen molar-refractivity contribution in [2.24, 2.45) is 0 Å². The Labute approximate surface area is 173 Å². The maximum Gasteiger partial charge on any atom is 0.433 e. The van der Waals surface area contributed by atoms with Crippen molar-refractivity contribution in [2.45, 2.75) is 50.6 Å². The van der Waals surface area contributed by atoms with Crippen molar-refractivity contribution in [1.29, 1.82) is 0 Å². The summed E-state index contributed by atoms with van der Waals surface area (Å²) in [7, 11) is 0. The van der Waals surface area contributed by atoms with E-state index in [4.69, 9.17) is 0 Å². The number of imidazole rings is 1. The largest absolute Gasteiger partial charge is 0.433 e. The molecule has 3 aromatic heterocycles. The van der Waals surface area contributed by atoms with Crippen molar-refractivity contribution in [2.75, 3.05) is 5.32 Å². The number of hydrogen-bond acceptors (Lipinski definition) is 4. The van der Waals surface area contributed by atoms with Crippen LogP contribution in [0.4, 0.5) is 27.6 Å². The lowest BCUT2D eigenvalue weighted by Crippen LogP contribution is -2.37. The standard InChI is InChI=1S/C20H18F5N5O/c1-18(2)9-19(3,17(31)28-10-4-5-26-13(6-10)20(23,24)25)11-7-27-30-8-12(15(21)22)29-16(30)14(11)18/h4-8,15H,9H2,1-3H3,(H,26,28,31)/t19-/m1/s1. The number of halogens is 5. The highest BCUT2D eigenvalue weighted by Crippen LogP contribution is 2.51. The van der Waals surface area contributed by atoms with Crippen LogP contribution in [0.2, 0.25) is 0 Å². The molecule has 0 aliphatic heterocycles. The minimum atomic E-state index is -4.65. The molecule has 0 saturated heterocycles. The van der Waals surface area contributed by atoms with Crippen LogP contribution in [-0.2, 0) is 21.8 Å². The Hall–Kier alpha value is -3.11. The summed E-state index contributed by atoms with van der Waals surface area (Å²) < 4.78 is 66.4. The number of pyridine rings is 1. The normalized spacial score (nSPS) is 20.3. The van der Waals surface area contributed by atoms with Gasteiger partial charge in [-0.2, -0.15) is 18.3 Å². The first kappa shape index (κ1) is 21.1. The van der Waals surface area contributed by atoms with Crippen molar-refractivity contribution in [1.82, 2.24) is 19.6 Å². The van der Waals surface area contributed by atoms with Gasteiger partial charge < -0.3 is 5.32 Å². The van der Waals surface area contributed by atoms with E-state index in [0.29, 0.717) is 11.1 Å². The predicted molar refractivity (Wildman–Crippen MR) is 101 cm³/mol. The van der Waals surface area contributed by atoms with Gasteiger partial charge in [0.1, 0.15) is 11.4 Å². The molecular weight excluding hydrogens is 421 g/mol. The molecule has 6 nitrogen and oxygen atoms in total. The molecule has 1 aliphatic rings. The van der Waals surface area contributed by atoms with Crippen LogP contribution in [-0.4, -0.2) is 25.5 Å². The average molecular weight is 439 g/mol. The highest BCUT2D eigenvalue weighted by Gasteiger charge is 2.51. The van der Waals surface area contributed by atoms with Gasteiger partial charge in [0.15, 0.2) is 5.65 Å². The van der Waals surface area contributed by atoms with E-state index in [1.807, 2.05) is 13.8 Å². The van der Waals surface area contributed by atoms with Crippen LogP contribution < -0.4 is 5.32 Å². The topological polar surface area (TPSA) is 72.2 Å². The molecule has 1 N–H and O–H groups in total. The zero-order chi connectivity index (χ0) is 22.8. The zero-order valence-electron chi connectivity index (χ0n) is 16.8. The van der Waals surface area contributed by atoms with Crippen molar-refractivity contribution in [3.8, 4) is 0 Å². The number of nitrogens with zero attached hydrogens (tertiary/aromatic N) is 4. The second kappa shape index (κ2) is 6.69. The van der Waals surface area contributed by atoms with E-state index in [9.17, 15) is 26.7 Å².